The maximum atomic E-state index is 13.0. The Morgan fingerprint density at radius 1 is 1.02 bits per heavy atom. The lowest BCUT2D eigenvalue weighted by atomic mass is 9.47. The van der Waals surface area contributed by atoms with Crippen LogP contribution in [0.15, 0.2) is 17.7 Å². The number of amides is 2. The van der Waals surface area contributed by atoms with Crippen LogP contribution in [0.3, 0.4) is 0 Å². The van der Waals surface area contributed by atoms with E-state index in [2.05, 4.69) is 114 Å². The number of ether oxygens (including phenoxy) is 1. The molecule has 238 valence electrons. The fraction of sp³-hybridized carbons (Fsp3) is 0.714. The number of carbonyl (C=O) groups is 2. The first-order chi connectivity index (χ1) is 20.3. The standard InChI is InChI=1S/C35H49I3N2O3/c1-19(2)7-6-8-20(3)24-11-12-25-23-10-9-21-17-22(13-15-34(21,4)26(23)14-16-35(24,25)5)43-33(42)40-32(41)29-27(36)18-28(37)31(39)30(29)38/h9,18-20,22-26H,6-8,10-17,39H2,1-5H3,(H,40,41,42)/t20-,22+,23?,24-,25?,26?,34+,35-/m1/s1. The molecule has 0 aromatic heterocycles. The normalized spacial score (nSPS) is 34.1. The fourth-order valence-electron chi connectivity index (χ4n) is 9.90. The van der Waals surface area contributed by atoms with E-state index in [0.717, 1.165) is 61.9 Å². The van der Waals surface area contributed by atoms with Crippen LogP contribution < -0.4 is 11.1 Å². The van der Waals surface area contributed by atoms with Crippen LogP contribution in [0.4, 0.5) is 10.5 Å². The SMILES string of the molecule is CC(C)CCC[C@@H](C)[C@H]1CCC2C3CC=C4C[C@@H](OC(=O)NC(=O)c5c(I)cc(I)c(N)c5I)CC[C@]4(C)C3CC[C@@]21C. The van der Waals surface area contributed by atoms with Crippen molar-refractivity contribution in [3.63, 3.8) is 0 Å². The second kappa shape index (κ2) is 13.6. The maximum absolute atomic E-state index is 13.0. The smallest absolute Gasteiger partial charge is 0.414 e. The van der Waals surface area contributed by atoms with E-state index in [0.29, 0.717) is 20.2 Å². The number of hydrogen-bond acceptors (Lipinski definition) is 4. The minimum absolute atomic E-state index is 0.194. The van der Waals surface area contributed by atoms with Crippen LogP contribution in [0.2, 0.25) is 0 Å². The van der Waals surface area contributed by atoms with Crippen molar-refractivity contribution >= 4 is 85.5 Å². The van der Waals surface area contributed by atoms with Gasteiger partial charge in [0, 0.05) is 13.6 Å². The molecule has 0 bridgehead atoms. The summed E-state index contributed by atoms with van der Waals surface area (Å²) in [6, 6.07) is 1.86. The van der Waals surface area contributed by atoms with Gasteiger partial charge >= 0.3 is 6.09 Å². The van der Waals surface area contributed by atoms with Crippen LogP contribution >= 0.6 is 67.8 Å². The lowest BCUT2D eigenvalue weighted by molar-refractivity contribution is -0.0580. The van der Waals surface area contributed by atoms with Crippen molar-refractivity contribution in [1.82, 2.24) is 5.32 Å². The van der Waals surface area contributed by atoms with Gasteiger partial charge in [0.1, 0.15) is 6.10 Å². The zero-order valence-electron chi connectivity index (χ0n) is 26.4. The van der Waals surface area contributed by atoms with E-state index in [1.807, 2.05) is 6.07 Å². The molecule has 5 nitrogen and oxygen atoms in total. The molecule has 3 saturated carbocycles. The number of carbonyl (C=O) groups excluding carboxylic acids is 2. The molecular formula is C35H49I3N2O3. The van der Waals surface area contributed by atoms with E-state index >= 15 is 0 Å². The molecule has 1 aromatic carbocycles. The number of allylic oxidation sites excluding steroid dienone is 1. The minimum atomic E-state index is -0.662. The van der Waals surface area contributed by atoms with Crippen molar-refractivity contribution in [3.05, 3.63) is 34.0 Å². The number of halogens is 3. The van der Waals surface area contributed by atoms with Gasteiger partial charge in [-0.05, 0) is 165 Å². The van der Waals surface area contributed by atoms with Gasteiger partial charge in [-0.1, -0.05) is 65.5 Å². The van der Waals surface area contributed by atoms with E-state index in [-0.39, 0.29) is 11.5 Å². The predicted molar refractivity (Wildman–Crippen MR) is 200 cm³/mol. The van der Waals surface area contributed by atoms with Crippen molar-refractivity contribution < 1.29 is 14.3 Å². The number of nitrogens with two attached hydrogens (primary N) is 1. The molecule has 3 N–H and O–H groups in total. The van der Waals surface area contributed by atoms with E-state index in [1.54, 1.807) is 0 Å². The van der Waals surface area contributed by atoms with Crippen LogP contribution in [0.25, 0.3) is 0 Å². The second-order valence-corrected chi connectivity index (χ2v) is 18.4. The third kappa shape index (κ3) is 6.68. The number of hydrogen-bond donors (Lipinski definition) is 2. The molecule has 0 spiro atoms. The number of fused-ring (bicyclic) bond motifs is 5. The third-order valence-corrected chi connectivity index (χ3v) is 15.0. The zero-order valence-corrected chi connectivity index (χ0v) is 32.9. The van der Waals surface area contributed by atoms with Gasteiger partial charge in [-0.15, -0.1) is 0 Å². The Hall–Kier alpha value is -0.110. The summed E-state index contributed by atoms with van der Waals surface area (Å²) in [7, 11) is 0. The topological polar surface area (TPSA) is 81.4 Å². The van der Waals surface area contributed by atoms with Crippen LogP contribution in [-0.4, -0.2) is 18.1 Å². The van der Waals surface area contributed by atoms with E-state index in [4.69, 9.17) is 10.5 Å². The van der Waals surface area contributed by atoms with Gasteiger partial charge < -0.3 is 10.5 Å². The Bertz CT molecular complexity index is 1280. The van der Waals surface area contributed by atoms with Gasteiger partial charge in [0.25, 0.3) is 5.91 Å². The number of rotatable bonds is 7. The van der Waals surface area contributed by atoms with Crippen LogP contribution in [0, 0.1) is 57.0 Å². The summed E-state index contributed by atoms with van der Waals surface area (Å²) in [5.74, 6) is 4.40. The number of nitrogens with one attached hydrogen (secondary N) is 1. The van der Waals surface area contributed by atoms with E-state index in [1.165, 1.54) is 56.9 Å². The summed E-state index contributed by atoms with van der Waals surface area (Å²) in [5, 5.41) is 2.47. The second-order valence-electron chi connectivity index (χ2n) is 15.0. The Labute approximate surface area is 299 Å². The maximum Gasteiger partial charge on any atom is 0.414 e. The van der Waals surface area contributed by atoms with Gasteiger partial charge in [-0.2, -0.15) is 0 Å². The molecule has 4 aliphatic carbocycles. The molecule has 0 aliphatic heterocycles. The first-order valence-corrected chi connectivity index (χ1v) is 19.6. The summed E-state index contributed by atoms with van der Waals surface area (Å²) in [6.45, 7) is 12.4. The summed E-state index contributed by atoms with van der Waals surface area (Å²) < 4.78 is 8.18. The van der Waals surface area contributed by atoms with Crippen LogP contribution in [0.5, 0.6) is 0 Å². The van der Waals surface area contributed by atoms with Crippen LogP contribution in [0.1, 0.15) is 116 Å². The monoisotopic (exact) mass is 926 g/mol. The Morgan fingerprint density at radius 3 is 2.49 bits per heavy atom. The van der Waals surface area contributed by atoms with Crippen molar-refractivity contribution in [3.8, 4) is 0 Å². The van der Waals surface area contributed by atoms with Crippen molar-refractivity contribution in [1.29, 1.82) is 0 Å². The first-order valence-electron chi connectivity index (χ1n) is 16.4. The number of nitrogen functional groups attached to an aromatic ring is 1. The number of imide groups is 1. The largest absolute Gasteiger partial charge is 0.446 e. The highest BCUT2D eigenvalue weighted by Crippen LogP contribution is 2.67. The highest BCUT2D eigenvalue weighted by molar-refractivity contribution is 14.1. The van der Waals surface area contributed by atoms with Gasteiger partial charge in [0.15, 0.2) is 0 Å². The summed E-state index contributed by atoms with van der Waals surface area (Å²) in [5.41, 5.74) is 9.31. The van der Waals surface area contributed by atoms with Gasteiger partial charge in [0.05, 0.1) is 14.8 Å². The minimum Gasteiger partial charge on any atom is -0.446 e. The average Bonchev–Trinajstić information content (AvgIpc) is 3.29. The van der Waals surface area contributed by atoms with E-state index < -0.39 is 12.0 Å². The lowest BCUT2D eigenvalue weighted by Crippen LogP contribution is -2.51. The van der Waals surface area contributed by atoms with Crippen molar-refractivity contribution in [2.75, 3.05) is 5.73 Å². The van der Waals surface area contributed by atoms with E-state index in [9.17, 15) is 9.59 Å². The van der Waals surface area contributed by atoms with Crippen molar-refractivity contribution in [2.45, 2.75) is 111 Å². The fourth-order valence-corrected chi connectivity index (χ4v) is 13.8. The molecule has 3 fully saturated rings. The lowest BCUT2D eigenvalue weighted by Gasteiger charge is -2.58. The van der Waals surface area contributed by atoms with Gasteiger partial charge in [-0.3, -0.25) is 10.1 Å². The summed E-state index contributed by atoms with van der Waals surface area (Å²) in [4.78, 5) is 25.9. The molecule has 8 heteroatoms. The molecule has 3 unspecified atom stereocenters. The average molecular weight is 926 g/mol. The molecule has 5 rings (SSSR count). The quantitative estimate of drug-likeness (QED) is 0.162. The molecular weight excluding hydrogens is 877 g/mol. The molecule has 2 amide bonds. The Kier molecular flexibility index (Phi) is 10.8. The van der Waals surface area contributed by atoms with Crippen molar-refractivity contribution in [2.24, 2.45) is 46.3 Å². The highest BCUT2D eigenvalue weighted by atomic mass is 127. The molecule has 0 heterocycles. The molecule has 43 heavy (non-hydrogen) atoms. The zero-order chi connectivity index (χ0) is 31.3. The third-order valence-electron chi connectivity index (χ3n) is 12.2. The van der Waals surface area contributed by atoms with Gasteiger partial charge in [-0.25, -0.2) is 4.79 Å². The Morgan fingerprint density at radius 2 is 1.77 bits per heavy atom. The number of alkyl carbamates (subject to hydrolysis) is 1. The molecule has 4 aliphatic rings. The first kappa shape index (κ1) is 34.2. The molecule has 0 saturated heterocycles. The predicted octanol–water partition coefficient (Wildman–Crippen LogP) is 10.4. The molecule has 8 atom stereocenters. The number of benzene rings is 1. The Balaban J connectivity index is 1.21. The highest BCUT2D eigenvalue weighted by Gasteiger charge is 2.59. The summed E-state index contributed by atoms with van der Waals surface area (Å²) >= 11 is 6.35. The van der Waals surface area contributed by atoms with Crippen LogP contribution in [-0.2, 0) is 4.74 Å². The number of anilines is 1. The molecule has 1 aromatic rings. The summed E-state index contributed by atoms with van der Waals surface area (Å²) in [6.07, 6.45) is 15.2. The van der Waals surface area contributed by atoms with Gasteiger partial charge in [0.2, 0.25) is 0 Å². The molecule has 0 radical (unpaired) electrons.